The summed E-state index contributed by atoms with van der Waals surface area (Å²) in [6.07, 6.45) is 2.25. The highest BCUT2D eigenvalue weighted by Crippen LogP contribution is 2.14. The number of carbonyl (C=O) groups is 1. The van der Waals surface area contributed by atoms with Gasteiger partial charge in [-0.05, 0) is 44.4 Å². The molecular formula is C21H36IN5O2. The first-order valence-electron chi connectivity index (χ1n) is 10.0. The smallest absolute Gasteiger partial charge is 0.259 e. The van der Waals surface area contributed by atoms with Gasteiger partial charge in [-0.15, -0.1) is 24.0 Å². The van der Waals surface area contributed by atoms with Gasteiger partial charge in [0.05, 0.1) is 0 Å². The third-order valence-electron chi connectivity index (χ3n) is 5.04. The normalized spacial score (nSPS) is 15.6. The number of piperidine rings is 1. The zero-order valence-corrected chi connectivity index (χ0v) is 20.6. The van der Waals surface area contributed by atoms with Crippen LogP contribution in [-0.2, 0) is 11.3 Å². The molecule has 0 bridgehead atoms. The average molecular weight is 517 g/mol. The Morgan fingerprint density at radius 2 is 2.00 bits per heavy atom. The SMILES string of the molecule is CN=C(NCc1cccc(OCC(=O)N(C)C)c1)NC1CCN(C(C)C)CC1.I. The molecule has 0 aliphatic carbocycles. The summed E-state index contributed by atoms with van der Waals surface area (Å²) in [4.78, 5) is 20.1. The summed E-state index contributed by atoms with van der Waals surface area (Å²) < 4.78 is 5.58. The molecule has 29 heavy (non-hydrogen) atoms. The molecule has 1 aliphatic rings. The Morgan fingerprint density at radius 3 is 2.59 bits per heavy atom. The van der Waals surface area contributed by atoms with Gasteiger partial charge in [-0.1, -0.05) is 12.1 Å². The number of nitrogens with one attached hydrogen (secondary N) is 2. The number of hydrogen-bond donors (Lipinski definition) is 2. The number of nitrogens with zero attached hydrogens (tertiary/aromatic N) is 3. The molecule has 0 aromatic heterocycles. The highest BCUT2D eigenvalue weighted by molar-refractivity contribution is 14.0. The van der Waals surface area contributed by atoms with Crippen LogP contribution in [0.1, 0.15) is 32.3 Å². The van der Waals surface area contributed by atoms with Crippen LogP contribution in [0.2, 0.25) is 0 Å². The Labute approximate surface area is 192 Å². The van der Waals surface area contributed by atoms with Gasteiger partial charge in [0.25, 0.3) is 5.91 Å². The van der Waals surface area contributed by atoms with Crippen molar-refractivity contribution in [2.75, 3.05) is 40.8 Å². The number of hydrogen-bond acceptors (Lipinski definition) is 4. The molecule has 0 unspecified atom stereocenters. The van der Waals surface area contributed by atoms with Gasteiger partial charge in [0, 0.05) is 52.9 Å². The van der Waals surface area contributed by atoms with E-state index in [1.165, 1.54) is 4.90 Å². The van der Waals surface area contributed by atoms with Gasteiger partial charge >= 0.3 is 0 Å². The van der Waals surface area contributed by atoms with E-state index in [4.69, 9.17) is 4.74 Å². The van der Waals surface area contributed by atoms with Gasteiger partial charge in [-0.25, -0.2) is 0 Å². The van der Waals surface area contributed by atoms with Crippen molar-refractivity contribution in [1.82, 2.24) is 20.4 Å². The van der Waals surface area contributed by atoms with Crippen LogP contribution < -0.4 is 15.4 Å². The third kappa shape index (κ3) is 8.77. The van der Waals surface area contributed by atoms with Gasteiger partial charge in [0.2, 0.25) is 0 Å². The maximum absolute atomic E-state index is 11.7. The molecular weight excluding hydrogens is 481 g/mol. The topological polar surface area (TPSA) is 69.2 Å². The molecule has 1 heterocycles. The molecule has 2 N–H and O–H groups in total. The van der Waals surface area contributed by atoms with E-state index < -0.39 is 0 Å². The van der Waals surface area contributed by atoms with E-state index in [-0.39, 0.29) is 36.5 Å². The van der Waals surface area contributed by atoms with E-state index >= 15 is 0 Å². The number of aliphatic imine (C=N–C) groups is 1. The quantitative estimate of drug-likeness (QED) is 0.330. The number of carbonyl (C=O) groups excluding carboxylic acids is 1. The van der Waals surface area contributed by atoms with Gasteiger partial charge < -0.3 is 25.2 Å². The second-order valence-electron chi connectivity index (χ2n) is 7.70. The van der Waals surface area contributed by atoms with E-state index in [2.05, 4.69) is 34.4 Å². The predicted octanol–water partition coefficient (Wildman–Crippen LogP) is 2.31. The molecule has 2 rings (SSSR count). The fourth-order valence-corrected chi connectivity index (χ4v) is 3.15. The largest absolute Gasteiger partial charge is 0.484 e. The molecule has 1 amide bonds. The lowest BCUT2D eigenvalue weighted by Gasteiger charge is -2.35. The summed E-state index contributed by atoms with van der Waals surface area (Å²) in [5.41, 5.74) is 1.08. The van der Waals surface area contributed by atoms with Crippen LogP contribution in [-0.4, -0.2) is 74.6 Å². The summed E-state index contributed by atoms with van der Waals surface area (Å²) in [5.74, 6) is 1.45. The van der Waals surface area contributed by atoms with Crippen LogP contribution in [0.25, 0.3) is 0 Å². The van der Waals surface area contributed by atoms with Crippen LogP contribution in [0.4, 0.5) is 0 Å². The minimum atomic E-state index is -0.0587. The molecule has 1 saturated heterocycles. The molecule has 1 aromatic carbocycles. The van der Waals surface area contributed by atoms with Crippen molar-refractivity contribution in [2.24, 2.45) is 4.99 Å². The first kappa shape index (κ1) is 25.5. The molecule has 8 heteroatoms. The fraction of sp³-hybridized carbons (Fsp3) is 0.619. The maximum atomic E-state index is 11.7. The number of rotatable bonds is 7. The predicted molar refractivity (Wildman–Crippen MR) is 129 cm³/mol. The van der Waals surface area contributed by atoms with E-state index in [1.54, 1.807) is 21.1 Å². The van der Waals surface area contributed by atoms with Crippen LogP contribution in [0, 0.1) is 0 Å². The summed E-state index contributed by atoms with van der Waals surface area (Å²) in [6, 6.07) is 8.84. The van der Waals surface area contributed by atoms with Crippen LogP contribution in [0.15, 0.2) is 29.3 Å². The van der Waals surface area contributed by atoms with E-state index in [0.717, 1.165) is 37.5 Å². The van der Waals surface area contributed by atoms with Crippen molar-refractivity contribution in [3.63, 3.8) is 0 Å². The zero-order valence-electron chi connectivity index (χ0n) is 18.3. The monoisotopic (exact) mass is 517 g/mol. The first-order valence-corrected chi connectivity index (χ1v) is 10.0. The summed E-state index contributed by atoms with van der Waals surface area (Å²) >= 11 is 0. The Morgan fingerprint density at radius 1 is 1.31 bits per heavy atom. The molecule has 1 fully saturated rings. The van der Waals surface area contributed by atoms with Crippen molar-refractivity contribution in [2.45, 2.75) is 45.3 Å². The standard InChI is InChI=1S/C21H35N5O2.HI/c1-16(2)26-11-9-18(10-12-26)24-21(22-3)23-14-17-7-6-8-19(13-17)28-15-20(27)25(4)5;/h6-8,13,16,18H,9-12,14-15H2,1-5H3,(H2,22,23,24);1H. The number of amides is 1. The second-order valence-corrected chi connectivity index (χ2v) is 7.70. The maximum Gasteiger partial charge on any atom is 0.259 e. The third-order valence-corrected chi connectivity index (χ3v) is 5.04. The minimum absolute atomic E-state index is 0. The summed E-state index contributed by atoms with van der Waals surface area (Å²) in [7, 11) is 5.24. The summed E-state index contributed by atoms with van der Waals surface area (Å²) in [6.45, 7) is 7.44. The van der Waals surface area contributed by atoms with Gasteiger partial charge in [0.1, 0.15) is 5.75 Å². The Bertz CT molecular complexity index is 658. The number of benzene rings is 1. The van der Waals surface area contributed by atoms with Crippen molar-refractivity contribution in [3.8, 4) is 5.75 Å². The average Bonchev–Trinajstić information content (AvgIpc) is 2.69. The number of likely N-dealkylation sites (tertiary alicyclic amines) is 1. The zero-order chi connectivity index (χ0) is 20.5. The lowest BCUT2D eigenvalue weighted by Crippen LogP contribution is -2.49. The fourth-order valence-electron chi connectivity index (χ4n) is 3.15. The highest BCUT2D eigenvalue weighted by Gasteiger charge is 2.21. The molecule has 0 spiro atoms. The molecule has 1 aliphatic heterocycles. The van der Waals surface area contributed by atoms with Crippen molar-refractivity contribution in [1.29, 1.82) is 0 Å². The number of ether oxygens (including phenoxy) is 1. The van der Waals surface area contributed by atoms with E-state index in [0.29, 0.717) is 24.4 Å². The van der Waals surface area contributed by atoms with Gasteiger partial charge in [-0.3, -0.25) is 9.79 Å². The number of guanidine groups is 1. The number of halogens is 1. The molecule has 0 atom stereocenters. The molecule has 0 saturated carbocycles. The highest BCUT2D eigenvalue weighted by atomic mass is 127. The molecule has 1 aromatic rings. The molecule has 164 valence electrons. The van der Waals surface area contributed by atoms with Gasteiger partial charge in [0.15, 0.2) is 12.6 Å². The first-order chi connectivity index (χ1) is 13.4. The molecule has 0 radical (unpaired) electrons. The van der Waals surface area contributed by atoms with E-state index in [1.807, 2.05) is 24.3 Å². The van der Waals surface area contributed by atoms with Crippen molar-refractivity contribution < 1.29 is 9.53 Å². The van der Waals surface area contributed by atoms with E-state index in [9.17, 15) is 4.79 Å². The van der Waals surface area contributed by atoms with Gasteiger partial charge in [-0.2, -0.15) is 0 Å². The van der Waals surface area contributed by atoms with Crippen LogP contribution >= 0.6 is 24.0 Å². The van der Waals surface area contributed by atoms with Crippen molar-refractivity contribution >= 4 is 35.8 Å². The Hall–Kier alpha value is -1.55. The molecule has 7 nitrogen and oxygen atoms in total. The lowest BCUT2D eigenvalue weighted by molar-refractivity contribution is -0.130. The minimum Gasteiger partial charge on any atom is -0.484 e. The van der Waals surface area contributed by atoms with Crippen LogP contribution in [0.3, 0.4) is 0 Å². The number of likely N-dealkylation sites (N-methyl/N-ethyl adjacent to an activating group) is 1. The van der Waals surface area contributed by atoms with Crippen molar-refractivity contribution in [3.05, 3.63) is 29.8 Å². The Kier molecular flexibility index (Phi) is 11.3. The second kappa shape index (κ2) is 12.9. The Balaban J connectivity index is 0.00000420. The lowest BCUT2D eigenvalue weighted by atomic mass is 10.0. The summed E-state index contributed by atoms with van der Waals surface area (Å²) in [5, 5.41) is 6.91. The van der Waals surface area contributed by atoms with Crippen LogP contribution in [0.5, 0.6) is 5.75 Å².